The molecule has 7 heteroatoms. The van der Waals surface area contributed by atoms with Gasteiger partial charge in [0.05, 0.1) is 4.90 Å². The van der Waals surface area contributed by atoms with Gasteiger partial charge in [-0.3, -0.25) is 0 Å². The van der Waals surface area contributed by atoms with E-state index in [1.807, 2.05) is 133 Å². The Kier molecular flexibility index (Phi) is 11.5. The molecule has 0 amide bonds. The van der Waals surface area contributed by atoms with Crippen LogP contribution in [0, 0.1) is 6.07 Å². The summed E-state index contributed by atoms with van der Waals surface area (Å²) in [7, 11) is 0.627. The molecule has 5 aromatic rings. The number of sulfonamides is 1. The molecule has 37 heavy (non-hydrogen) atoms. The first kappa shape index (κ1) is 28.7. The number of hydrogen-bond acceptors (Lipinski definition) is 3. The molecule has 4 nitrogen and oxygen atoms in total. The number of nitrogens with zero attached hydrogens (tertiary/aromatic N) is 1. The van der Waals surface area contributed by atoms with Crippen LogP contribution < -0.4 is 5.73 Å². The molecule has 5 aromatic carbocycles. The molecule has 2 N–H and O–H groups in total. The van der Waals surface area contributed by atoms with Crippen molar-refractivity contribution in [2.45, 2.75) is 17.0 Å². The van der Waals surface area contributed by atoms with Gasteiger partial charge in [0.2, 0.25) is 0 Å². The van der Waals surface area contributed by atoms with Crippen molar-refractivity contribution >= 4 is 30.5 Å². The van der Waals surface area contributed by atoms with E-state index in [4.69, 9.17) is 5.73 Å². The van der Waals surface area contributed by atoms with Crippen LogP contribution in [0.1, 0.15) is 23.2 Å². The van der Waals surface area contributed by atoms with Crippen molar-refractivity contribution in [1.82, 2.24) is 0 Å². The summed E-state index contributed by atoms with van der Waals surface area (Å²) >= 11 is 1.82. The molecule has 0 aliphatic heterocycles. The topological polar surface area (TPSA) is 74.3 Å². The van der Waals surface area contributed by atoms with Gasteiger partial charge in [0, 0.05) is 6.04 Å². The zero-order valence-corrected chi connectivity index (χ0v) is 23.1. The fraction of sp³-hybridized carbons (Fsp3) is 0.0667. The molecule has 0 heterocycles. The third-order valence-electron chi connectivity index (χ3n) is 5.55. The van der Waals surface area contributed by atoms with Gasteiger partial charge in [-0.15, -0.1) is 0 Å². The van der Waals surface area contributed by atoms with E-state index in [1.54, 1.807) is 18.2 Å². The third-order valence-corrected chi connectivity index (χ3v) is 6.97. The maximum absolute atomic E-state index is 13.3. The van der Waals surface area contributed by atoms with Crippen LogP contribution >= 0.6 is 9.69 Å². The molecule has 5 rings (SSSR count). The van der Waals surface area contributed by atoms with Crippen LogP contribution in [-0.2, 0) is 27.3 Å². The molecule has 0 aliphatic rings. The van der Waals surface area contributed by atoms with E-state index >= 15 is 0 Å². The van der Waals surface area contributed by atoms with Crippen molar-refractivity contribution in [3.63, 3.8) is 0 Å². The van der Waals surface area contributed by atoms with Crippen molar-refractivity contribution in [3.05, 3.63) is 155 Å². The van der Waals surface area contributed by atoms with Gasteiger partial charge in [-0.1, -0.05) is 109 Å². The number of fused-ring (bicyclic) bond motifs is 1. The van der Waals surface area contributed by atoms with Crippen molar-refractivity contribution in [1.29, 1.82) is 0 Å². The number of hydrogen-bond donors (Lipinski definition) is 1. The van der Waals surface area contributed by atoms with Gasteiger partial charge in [-0.2, -0.15) is 36.4 Å². The second kappa shape index (κ2) is 14.8. The Bertz CT molecular complexity index is 1420. The minimum Gasteiger partial charge on any atom is -0.184 e. The number of rotatable bonds is 6. The molecule has 0 spiro atoms. The molecule has 0 bridgehead atoms. The first-order chi connectivity index (χ1) is 18.1. The average molecular weight is 615 g/mol. The Morgan fingerprint density at radius 3 is 1.76 bits per heavy atom. The minimum absolute atomic E-state index is 0.191. The fourth-order valence-corrected chi connectivity index (χ4v) is 5.19. The molecular formula is C30H26ClN2O2RuS. The molecular weight excluding hydrogens is 589 g/mol. The van der Waals surface area contributed by atoms with Crippen LogP contribution in [0.5, 0.6) is 0 Å². The van der Waals surface area contributed by atoms with Crippen molar-refractivity contribution in [2.75, 3.05) is 0 Å². The van der Waals surface area contributed by atoms with E-state index in [2.05, 4.69) is 20.5 Å². The molecule has 0 fully saturated rings. The second-order valence-electron chi connectivity index (χ2n) is 7.93. The Labute approximate surface area is 233 Å². The van der Waals surface area contributed by atoms with Crippen LogP contribution in [0.25, 0.3) is 15.5 Å². The summed E-state index contributed by atoms with van der Waals surface area (Å²) in [5.74, 6) is 0. The Balaban J connectivity index is 0.000000412. The van der Waals surface area contributed by atoms with E-state index in [-0.39, 0.29) is 4.90 Å². The van der Waals surface area contributed by atoms with E-state index < -0.39 is 22.1 Å². The molecule has 189 valence electrons. The summed E-state index contributed by atoms with van der Waals surface area (Å²) < 4.78 is 31.0. The van der Waals surface area contributed by atoms with Gasteiger partial charge in [0.15, 0.2) is 0 Å². The Morgan fingerprint density at radius 2 is 1.19 bits per heavy atom. The number of halogens is 1. The van der Waals surface area contributed by atoms with Gasteiger partial charge in [-0.05, 0) is 22.4 Å². The standard InChI is InChI=1S/C24H21N2O2S.C6H5.ClH.Ru/c25-23(19-11-3-1-4-12-19)24(20-13-5-2-6-14-20)26-29(27,28)22-17-9-15-18-10-7-8-16-21(18)22;1-2-4-6-5-3-1;;/h1-17,23-24H,25H2;1-5H;1H;/q2*-1;;+3/p-1/t23-,24-;;;/m0.../s1. The van der Waals surface area contributed by atoms with Gasteiger partial charge in [0.1, 0.15) is 10.0 Å². The third kappa shape index (κ3) is 8.06. The molecule has 0 radical (unpaired) electrons. The predicted octanol–water partition coefficient (Wildman–Crippen LogP) is 7.52. The molecule has 2 atom stereocenters. The molecule has 0 unspecified atom stereocenters. The summed E-state index contributed by atoms with van der Waals surface area (Å²) in [5.41, 5.74) is 8.10. The normalized spacial score (nSPS) is 12.3. The first-order valence-corrected chi connectivity index (χ1v) is 15.1. The quantitative estimate of drug-likeness (QED) is 0.159. The summed E-state index contributed by atoms with van der Waals surface area (Å²) in [4.78, 5) is 0.191. The van der Waals surface area contributed by atoms with Crippen molar-refractivity contribution in [2.24, 2.45) is 5.73 Å². The van der Waals surface area contributed by atoms with E-state index in [1.165, 1.54) is 0 Å². The van der Waals surface area contributed by atoms with Gasteiger partial charge >= 0.3 is 27.0 Å². The molecule has 0 saturated heterocycles. The number of nitrogens with two attached hydrogens (primary N) is 1. The van der Waals surface area contributed by atoms with E-state index in [9.17, 15) is 8.42 Å². The molecule has 0 aromatic heterocycles. The second-order valence-corrected chi connectivity index (χ2v) is 9.53. The SMILES string of the molecule is N[C@@H](c1ccccc1)[C@@H]([N-]S(=O)(=O)c1cccc2ccccc12)c1ccccc1.[Cl][Ru+2].[c-]1ccccc1. The van der Waals surface area contributed by atoms with Gasteiger partial charge in [-0.25, -0.2) is 8.42 Å². The maximum atomic E-state index is 13.3. The fourth-order valence-electron chi connectivity index (χ4n) is 3.81. The van der Waals surface area contributed by atoms with E-state index in [0.717, 1.165) is 16.5 Å². The van der Waals surface area contributed by atoms with Gasteiger partial charge < -0.3 is 10.5 Å². The Morgan fingerprint density at radius 1 is 0.676 bits per heavy atom. The van der Waals surface area contributed by atoms with Crippen LogP contribution in [0.4, 0.5) is 0 Å². The summed E-state index contributed by atoms with van der Waals surface area (Å²) in [6.07, 6.45) is 0. The van der Waals surface area contributed by atoms with Crippen LogP contribution in [0.15, 0.2) is 138 Å². The van der Waals surface area contributed by atoms with Crippen LogP contribution in [0.2, 0.25) is 0 Å². The van der Waals surface area contributed by atoms with Crippen LogP contribution in [0.3, 0.4) is 0 Å². The monoisotopic (exact) mass is 615 g/mol. The largest absolute Gasteiger partial charge is 0.184 e. The minimum atomic E-state index is -3.94. The molecule has 0 aliphatic carbocycles. The van der Waals surface area contributed by atoms with E-state index in [0.29, 0.717) is 5.39 Å². The van der Waals surface area contributed by atoms with Crippen molar-refractivity contribution < 1.29 is 25.7 Å². The van der Waals surface area contributed by atoms with Crippen LogP contribution in [-0.4, -0.2) is 8.42 Å². The zero-order valence-electron chi connectivity index (χ0n) is 19.8. The summed E-state index contributed by atoms with van der Waals surface area (Å²) in [6.45, 7) is 0. The van der Waals surface area contributed by atoms with Gasteiger partial charge in [0.25, 0.3) is 0 Å². The maximum Gasteiger partial charge on any atom is -0.171 e. The van der Waals surface area contributed by atoms with Crippen molar-refractivity contribution in [3.8, 4) is 0 Å². The average Bonchev–Trinajstić information content (AvgIpc) is 2.98. The number of benzene rings is 5. The zero-order chi connectivity index (χ0) is 26.5. The first-order valence-electron chi connectivity index (χ1n) is 11.4. The summed E-state index contributed by atoms with van der Waals surface area (Å²) in [6, 6.07) is 42.6. The predicted molar refractivity (Wildman–Crippen MR) is 148 cm³/mol. The molecule has 0 saturated carbocycles. The summed E-state index contributed by atoms with van der Waals surface area (Å²) in [5, 5.41) is 1.51. The Hall–Kier alpha value is -2.86. The smallest absolute Gasteiger partial charge is 0.171 e.